The van der Waals surface area contributed by atoms with Crippen LogP contribution in [0.5, 0.6) is 0 Å². The molecule has 1 aliphatic heterocycles. The van der Waals surface area contributed by atoms with E-state index in [-0.39, 0.29) is 4.90 Å². The van der Waals surface area contributed by atoms with Crippen molar-refractivity contribution in [2.45, 2.75) is 11.8 Å². The Balaban J connectivity index is 2.33. The lowest BCUT2D eigenvalue weighted by atomic mass is 10.2. The van der Waals surface area contributed by atoms with Crippen LogP contribution in [0.4, 0.5) is 4.39 Å². The van der Waals surface area contributed by atoms with Crippen LogP contribution in [-0.4, -0.2) is 38.9 Å². The van der Waals surface area contributed by atoms with Gasteiger partial charge in [0.05, 0.1) is 4.90 Å². The fraction of sp³-hybridized carbons (Fsp3) is 0.455. The summed E-state index contributed by atoms with van der Waals surface area (Å²) in [6, 6.07) is 4.03. The third kappa shape index (κ3) is 2.48. The van der Waals surface area contributed by atoms with E-state index in [4.69, 9.17) is 0 Å². The van der Waals surface area contributed by atoms with Gasteiger partial charge in [-0.25, -0.2) is 12.8 Å². The highest BCUT2D eigenvalue weighted by Crippen LogP contribution is 2.18. The topological polar surface area (TPSA) is 49.4 Å². The van der Waals surface area contributed by atoms with E-state index in [1.54, 1.807) is 6.92 Å². The summed E-state index contributed by atoms with van der Waals surface area (Å²) in [4.78, 5) is 0.0301. The molecule has 0 aliphatic carbocycles. The highest BCUT2D eigenvalue weighted by atomic mass is 32.2. The smallest absolute Gasteiger partial charge is 0.243 e. The van der Waals surface area contributed by atoms with Crippen molar-refractivity contribution in [2.75, 3.05) is 26.2 Å². The van der Waals surface area contributed by atoms with Gasteiger partial charge in [0.2, 0.25) is 10.0 Å². The second-order valence-electron chi connectivity index (χ2n) is 4.07. The van der Waals surface area contributed by atoms with Crippen LogP contribution in [0.2, 0.25) is 0 Å². The number of nitrogens with one attached hydrogen (secondary N) is 1. The van der Waals surface area contributed by atoms with Crippen molar-refractivity contribution in [2.24, 2.45) is 0 Å². The Kier molecular flexibility index (Phi) is 3.46. The molecule has 0 spiro atoms. The van der Waals surface area contributed by atoms with Gasteiger partial charge in [0.25, 0.3) is 0 Å². The van der Waals surface area contributed by atoms with E-state index in [1.165, 1.54) is 16.4 Å². The van der Waals surface area contributed by atoms with Crippen LogP contribution in [0.15, 0.2) is 23.1 Å². The van der Waals surface area contributed by atoms with Crippen LogP contribution >= 0.6 is 0 Å². The van der Waals surface area contributed by atoms with Crippen LogP contribution in [0.25, 0.3) is 0 Å². The van der Waals surface area contributed by atoms with Crippen molar-refractivity contribution in [3.8, 4) is 0 Å². The molecule has 1 fully saturated rings. The predicted octanol–water partition coefficient (Wildman–Crippen LogP) is 0.728. The van der Waals surface area contributed by atoms with E-state index >= 15 is 0 Å². The van der Waals surface area contributed by atoms with E-state index in [1.807, 2.05) is 0 Å². The minimum atomic E-state index is -3.55. The van der Waals surface area contributed by atoms with E-state index in [9.17, 15) is 12.8 Å². The van der Waals surface area contributed by atoms with Gasteiger partial charge in [0.15, 0.2) is 0 Å². The maximum Gasteiger partial charge on any atom is 0.243 e. The molecule has 0 aromatic heterocycles. The lowest BCUT2D eigenvalue weighted by Gasteiger charge is -2.26. The molecule has 94 valence electrons. The zero-order valence-electron chi connectivity index (χ0n) is 9.61. The Bertz CT molecular complexity index is 510. The number of sulfonamides is 1. The Morgan fingerprint density at radius 3 is 2.53 bits per heavy atom. The molecule has 17 heavy (non-hydrogen) atoms. The van der Waals surface area contributed by atoms with Crippen LogP contribution < -0.4 is 5.32 Å². The predicted molar refractivity (Wildman–Crippen MR) is 62.8 cm³/mol. The lowest BCUT2D eigenvalue weighted by Crippen LogP contribution is -2.46. The molecule has 2 rings (SSSR count). The first kappa shape index (κ1) is 12.5. The minimum absolute atomic E-state index is 0.0301. The number of hydrogen-bond acceptors (Lipinski definition) is 3. The molecule has 1 aliphatic rings. The molecule has 0 atom stereocenters. The standard InChI is InChI=1S/C11H15FN2O2S/c1-9-2-3-10(8-11(9)12)17(15,16)14-6-4-13-5-7-14/h2-3,8,13H,4-7H2,1H3. The molecular formula is C11H15FN2O2S. The van der Waals surface area contributed by atoms with Crippen LogP contribution in [0, 0.1) is 12.7 Å². The van der Waals surface area contributed by atoms with Crippen molar-refractivity contribution in [1.29, 1.82) is 0 Å². The Labute approximate surface area is 100 Å². The van der Waals surface area contributed by atoms with Gasteiger partial charge in [0, 0.05) is 26.2 Å². The average molecular weight is 258 g/mol. The maximum atomic E-state index is 13.4. The second-order valence-corrected chi connectivity index (χ2v) is 6.00. The molecule has 0 radical (unpaired) electrons. The number of hydrogen-bond donors (Lipinski definition) is 1. The molecule has 1 aromatic carbocycles. The fourth-order valence-corrected chi connectivity index (χ4v) is 3.22. The summed E-state index contributed by atoms with van der Waals surface area (Å²) in [5.74, 6) is -0.485. The molecule has 6 heteroatoms. The molecular weight excluding hydrogens is 243 g/mol. The van der Waals surface area contributed by atoms with Gasteiger partial charge in [-0.05, 0) is 24.6 Å². The first-order chi connectivity index (χ1) is 8.01. The van der Waals surface area contributed by atoms with Crippen LogP contribution in [0.3, 0.4) is 0 Å². The monoisotopic (exact) mass is 258 g/mol. The molecule has 1 N–H and O–H groups in total. The quantitative estimate of drug-likeness (QED) is 0.850. The third-order valence-corrected chi connectivity index (χ3v) is 4.75. The first-order valence-electron chi connectivity index (χ1n) is 5.49. The van der Waals surface area contributed by atoms with Crippen molar-refractivity contribution in [3.63, 3.8) is 0 Å². The number of piperazine rings is 1. The zero-order chi connectivity index (χ0) is 12.5. The van der Waals surface area contributed by atoms with Crippen molar-refractivity contribution >= 4 is 10.0 Å². The highest BCUT2D eigenvalue weighted by Gasteiger charge is 2.26. The molecule has 1 aromatic rings. The summed E-state index contributed by atoms with van der Waals surface area (Å²) in [5.41, 5.74) is 0.448. The van der Waals surface area contributed by atoms with Crippen LogP contribution in [0.1, 0.15) is 5.56 Å². The Morgan fingerprint density at radius 1 is 1.29 bits per heavy atom. The summed E-state index contributed by atoms with van der Waals surface area (Å²) < 4.78 is 39.1. The molecule has 0 saturated carbocycles. The SMILES string of the molecule is Cc1ccc(S(=O)(=O)N2CCNCC2)cc1F. The number of halogens is 1. The van der Waals surface area contributed by atoms with Gasteiger partial charge in [0.1, 0.15) is 5.82 Å². The largest absolute Gasteiger partial charge is 0.314 e. The van der Waals surface area contributed by atoms with Gasteiger partial charge in [-0.3, -0.25) is 0 Å². The summed E-state index contributed by atoms with van der Waals surface area (Å²) in [6.45, 7) is 3.73. The molecule has 1 heterocycles. The summed E-state index contributed by atoms with van der Waals surface area (Å²) in [5, 5.41) is 3.08. The third-order valence-electron chi connectivity index (χ3n) is 2.86. The van der Waals surface area contributed by atoms with Gasteiger partial charge < -0.3 is 5.32 Å². The van der Waals surface area contributed by atoms with E-state index in [0.717, 1.165) is 6.07 Å². The molecule has 0 bridgehead atoms. The average Bonchev–Trinajstić information content (AvgIpc) is 2.33. The Hall–Kier alpha value is -0.980. The number of rotatable bonds is 2. The second kappa shape index (κ2) is 4.72. The summed E-state index contributed by atoms with van der Waals surface area (Å²) in [6.07, 6.45) is 0. The normalized spacial score (nSPS) is 18.2. The van der Waals surface area contributed by atoms with Crippen molar-refractivity contribution in [1.82, 2.24) is 9.62 Å². The number of aryl methyl sites for hydroxylation is 1. The molecule has 0 unspecified atom stereocenters. The number of benzene rings is 1. The molecule has 0 amide bonds. The van der Waals surface area contributed by atoms with Gasteiger partial charge in [-0.1, -0.05) is 6.07 Å². The fourth-order valence-electron chi connectivity index (χ4n) is 1.77. The van der Waals surface area contributed by atoms with E-state index < -0.39 is 15.8 Å². The Morgan fingerprint density at radius 2 is 1.94 bits per heavy atom. The number of nitrogens with zero attached hydrogens (tertiary/aromatic N) is 1. The molecule has 4 nitrogen and oxygen atoms in total. The van der Waals surface area contributed by atoms with Gasteiger partial charge in [-0.2, -0.15) is 4.31 Å². The van der Waals surface area contributed by atoms with Gasteiger partial charge >= 0.3 is 0 Å². The van der Waals surface area contributed by atoms with E-state index in [0.29, 0.717) is 31.7 Å². The van der Waals surface area contributed by atoms with Gasteiger partial charge in [-0.15, -0.1) is 0 Å². The van der Waals surface area contributed by atoms with Crippen molar-refractivity contribution in [3.05, 3.63) is 29.6 Å². The minimum Gasteiger partial charge on any atom is -0.314 e. The van der Waals surface area contributed by atoms with E-state index in [2.05, 4.69) is 5.32 Å². The van der Waals surface area contributed by atoms with Crippen molar-refractivity contribution < 1.29 is 12.8 Å². The van der Waals surface area contributed by atoms with Crippen LogP contribution in [-0.2, 0) is 10.0 Å². The summed E-state index contributed by atoms with van der Waals surface area (Å²) >= 11 is 0. The molecule has 1 saturated heterocycles. The lowest BCUT2D eigenvalue weighted by molar-refractivity contribution is 0.360. The maximum absolute atomic E-state index is 13.4. The highest BCUT2D eigenvalue weighted by molar-refractivity contribution is 7.89. The first-order valence-corrected chi connectivity index (χ1v) is 6.93. The zero-order valence-corrected chi connectivity index (χ0v) is 10.4. The summed E-state index contributed by atoms with van der Waals surface area (Å²) in [7, 11) is -3.55.